The molecule has 6 nitrogen and oxygen atoms in total. The lowest BCUT2D eigenvalue weighted by Gasteiger charge is -2.36. The fourth-order valence-corrected chi connectivity index (χ4v) is 2.92. The van der Waals surface area contributed by atoms with E-state index in [1.54, 1.807) is 0 Å². The van der Waals surface area contributed by atoms with Gasteiger partial charge in [0.05, 0.1) is 12.6 Å². The van der Waals surface area contributed by atoms with Crippen LogP contribution in [-0.4, -0.2) is 46.8 Å². The van der Waals surface area contributed by atoms with Crippen LogP contribution in [0.5, 0.6) is 0 Å². The molecule has 1 aliphatic heterocycles. The Hall–Kier alpha value is -1.40. The number of aliphatic hydroxyl groups is 1. The van der Waals surface area contributed by atoms with Crippen molar-refractivity contribution in [2.24, 2.45) is 11.3 Å². The van der Waals surface area contributed by atoms with E-state index in [0.717, 1.165) is 37.4 Å². The second-order valence-corrected chi connectivity index (χ2v) is 8.04. The molecule has 1 aliphatic rings. The Labute approximate surface area is 144 Å². The average Bonchev–Trinajstić information content (AvgIpc) is 2.92. The topological polar surface area (TPSA) is 78.6 Å². The minimum atomic E-state index is -0.316. The number of β-amino-alcohol motifs (C(OH)–C–C–N with tert-alkyl or cyclic N) is 1. The number of nitrogens with zero attached hydrogens (tertiary/aromatic N) is 2. The normalized spacial score (nSPS) is 18.5. The smallest absolute Gasteiger partial charge is 0.220 e. The van der Waals surface area contributed by atoms with Gasteiger partial charge < -0.3 is 19.8 Å². The van der Waals surface area contributed by atoms with E-state index in [2.05, 4.69) is 36.1 Å². The number of nitrogens with one attached hydrogen (secondary N) is 1. The summed E-state index contributed by atoms with van der Waals surface area (Å²) in [6.07, 6.45) is 2.26. The molecule has 136 valence electrons. The summed E-state index contributed by atoms with van der Waals surface area (Å²) in [5, 5.41) is 17.0. The molecule has 0 aromatic carbocycles. The maximum Gasteiger partial charge on any atom is 0.220 e. The molecule has 0 saturated carbocycles. The second kappa shape index (κ2) is 8.12. The number of carbonyl (C=O) groups is 1. The fourth-order valence-electron chi connectivity index (χ4n) is 2.92. The summed E-state index contributed by atoms with van der Waals surface area (Å²) in [5.74, 6) is 1.25. The van der Waals surface area contributed by atoms with Crippen LogP contribution in [0, 0.1) is 18.3 Å². The molecule has 1 amide bonds. The highest BCUT2D eigenvalue weighted by molar-refractivity contribution is 5.76. The van der Waals surface area contributed by atoms with Gasteiger partial charge in [0.15, 0.2) is 0 Å². The number of piperidine rings is 1. The maximum absolute atomic E-state index is 12.1. The predicted octanol–water partition coefficient (Wildman–Crippen LogP) is 2.11. The third-order valence-electron chi connectivity index (χ3n) is 4.76. The number of aliphatic hydroxyl groups excluding tert-OH is 1. The van der Waals surface area contributed by atoms with Gasteiger partial charge in [-0.15, -0.1) is 0 Å². The number of aromatic nitrogens is 1. The van der Waals surface area contributed by atoms with Crippen molar-refractivity contribution >= 4 is 5.91 Å². The van der Waals surface area contributed by atoms with Crippen LogP contribution < -0.4 is 5.32 Å². The van der Waals surface area contributed by atoms with Crippen molar-refractivity contribution < 1.29 is 14.4 Å². The molecule has 1 aromatic heterocycles. The third-order valence-corrected chi connectivity index (χ3v) is 4.76. The van der Waals surface area contributed by atoms with Gasteiger partial charge in [-0.3, -0.25) is 4.79 Å². The van der Waals surface area contributed by atoms with Gasteiger partial charge in [-0.2, -0.15) is 0 Å². The van der Waals surface area contributed by atoms with E-state index in [9.17, 15) is 9.90 Å². The van der Waals surface area contributed by atoms with Crippen LogP contribution in [0.25, 0.3) is 0 Å². The van der Waals surface area contributed by atoms with Crippen LogP contribution in [0.1, 0.15) is 51.5 Å². The van der Waals surface area contributed by atoms with Gasteiger partial charge in [0.25, 0.3) is 0 Å². The Morgan fingerprint density at radius 3 is 2.67 bits per heavy atom. The highest BCUT2D eigenvalue weighted by Gasteiger charge is 2.27. The molecule has 0 spiro atoms. The molecule has 24 heavy (non-hydrogen) atoms. The zero-order chi connectivity index (χ0) is 17.7. The first kappa shape index (κ1) is 18.9. The standard InChI is InChI=1S/C18H31N3O3/c1-13-9-15(20-24-13)11-19-17(23)10-14-5-7-21(8-6-14)12-16(22)18(2,3)4/h9,14,16,22H,5-8,10-12H2,1-4H3,(H,19,23). The highest BCUT2D eigenvalue weighted by atomic mass is 16.5. The van der Waals surface area contributed by atoms with Crippen molar-refractivity contribution in [3.63, 3.8) is 0 Å². The minimum Gasteiger partial charge on any atom is -0.391 e. The van der Waals surface area contributed by atoms with Gasteiger partial charge in [0, 0.05) is 19.0 Å². The third kappa shape index (κ3) is 5.91. The molecule has 1 atom stereocenters. The molecule has 2 rings (SSSR count). The molecule has 1 saturated heterocycles. The van der Waals surface area contributed by atoms with E-state index in [4.69, 9.17) is 4.52 Å². The van der Waals surface area contributed by atoms with Crippen LogP contribution in [0.3, 0.4) is 0 Å². The number of likely N-dealkylation sites (tertiary alicyclic amines) is 1. The van der Waals surface area contributed by atoms with E-state index in [-0.39, 0.29) is 17.4 Å². The highest BCUT2D eigenvalue weighted by Crippen LogP contribution is 2.24. The van der Waals surface area contributed by atoms with Gasteiger partial charge in [-0.1, -0.05) is 25.9 Å². The zero-order valence-corrected chi connectivity index (χ0v) is 15.3. The molecule has 0 radical (unpaired) electrons. The van der Waals surface area contributed by atoms with Gasteiger partial charge >= 0.3 is 0 Å². The van der Waals surface area contributed by atoms with E-state index < -0.39 is 0 Å². The lowest BCUT2D eigenvalue weighted by Crippen LogP contribution is -2.43. The molecule has 1 aromatic rings. The zero-order valence-electron chi connectivity index (χ0n) is 15.3. The summed E-state index contributed by atoms with van der Waals surface area (Å²) < 4.78 is 4.99. The first-order valence-electron chi connectivity index (χ1n) is 8.83. The van der Waals surface area contributed by atoms with Crippen LogP contribution in [0.15, 0.2) is 10.6 Å². The summed E-state index contributed by atoms with van der Waals surface area (Å²) in [5.41, 5.74) is 0.669. The molecule has 2 heterocycles. The van der Waals surface area contributed by atoms with Crippen LogP contribution in [0.4, 0.5) is 0 Å². The van der Waals surface area contributed by atoms with Crippen molar-refractivity contribution in [1.29, 1.82) is 0 Å². The number of hydrogen-bond donors (Lipinski definition) is 2. The molecule has 2 N–H and O–H groups in total. The average molecular weight is 337 g/mol. The SMILES string of the molecule is Cc1cc(CNC(=O)CC2CCN(CC(O)C(C)(C)C)CC2)no1. The number of aryl methyl sites for hydroxylation is 1. The lowest BCUT2D eigenvalue weighted by molar-refractivity contribution is -0.122. The van der Waals surface area contributed by atoms with Crippen molar-refractivity contribution in [2.45, 2.75) is 59.6 Å². The van der Waals surface area contributed by atoms with Crippen LogP contribution in [-0.2, 0) is 11.3 Å². The second-order valence-electron chi connectivity index (χ2n) is 8.04. The molecular weight excluding hydrogens is 306 g/mol. The number of hydrogen-bond acceptors (Lipinski definition) is 5. The Bertz CT molecular complexity index is 528. The molecule has 0 bridgehead atoms. The van der Waals surface area contributed by atoms with Crippen LogP contribution in [0.2, 0.25) is 0 Å². The Morgan fingerprint density at radius 1 is 1.46 bits per heavy atom. The Morgan fingerprint density at radius 2 is 2.12 bits per heavy atom. The van der Waals surface area contributed by atoms with Gasteiger partial charge in [0.1, 0.15) is 11.5 Å². The van der Waals surface area contributed by atoms with Crippen molar-refractivity contribution in [3.8, 4) is 0 Å². The van der Waals surface area contributed by atoms with Gasteiger partial charge in [-0.05, 0) is 44.2 Å². The van der Waals surface area contributed by atoms with Crippen LogP contribution >= 0.6 is 0 Å². The number of rotatable bonds is 6. The lowest BCUT2D eigenvalue weighted by atomic mass is 9.87. The first-order chi connectivity index (χ1) is 11.2. The molecule has 1 unspecified atom stereocenters. The monoisotopic (exact) mass is 337 g/mol. The minimum absolute atomic E-state index is 0.0730. The Kier molecular flexibility index (Phi) is 6.40. The van der Waals surface area contributed by atoms with Crippen molar-refractivity contribution in [2.75, 3.05) is 19.6 Å². The summed E-state index contributed by atoms with van der Waals surface area (Å²) in [6, 6.07) is 1.83. The van der Waals surface area contributed by atoms with Crippen molar-refractivity contribution in [1.82, 2.24) is 15.4 Å². The molecule has 1 fully saturated rings. The largest absolute Gasteiger partial charge is 0.391 e. The molecule has 0 aliphatic carbocycles. The summed E-state index contributed by atoms with van der Waals surface area (Å²) in [4.78, 5) is 14.4. The summed E-state index contributed by atoms with van der Waals surface area (Å²) in [6.45, 7) is 11.1. The molecule has 6 heteroatoms. The summed E-state index contributed by atoms with van der Waals surface area (Å²) >= 11 is 0. The van der Waals surface area contributed by atoms with E-state index in [0.29, 0.717) is 25.4 Å². The van der Waals surface area contributed by atoms with Gasteiger partial charge in [-0.25, -0.2) is 0 Å². The fraction of sp³-hybridized carbons (Fsp3) is 0.778. The Balaban J connectivity index is 1.66. The first-order valence-corrected chi connectivity index (χ1v) is 8.83. The summed E-state index contributed by atoms with van der Waals surface area (Å²) in [7, 11) is 0. The molecular formula is C18H31N3O3. The van der Waals surface area contributed by atoms with Crippen molar-refractivity contribution in [3.05, 3.63) is 17.5 Å². The predicted molar refractivity (Wildman–Crippen MR) is 92.3 cm³/mol. The van der Waals surface area contributed by atoms with E-state index in [1.165, 1.54) is 0 Å². The van der Waals surface area contributed by atoms with E-state index in [1.807, 2.05) is 13.0 Å². The quantitative estimate of drug-likeness (QED) is 0.831. The van der Waals surface area contributed by atoms with E-state index >= 15 is 0 Å². The van der Waals surface area contributed by atoms with Gasteiger partial charge in [0.2, 0.25) is 5.91 Å². The number of carbonyl (C=O) groups excluding carboxylic acids is 1. The maximum atomic E-state index is 12.1. The number of amides is 1.